The number of pyridine rings is 1. The molecule has 0 radical (unpaired) electrons. The molecule has 0 bridgehead atoms. The molecule has 3 aromatic rings. The summed E-state index contributed by atoms with van der Waals surface area (Å²) < 4.78 is 21.6. The Hall–Kier alpha value is -3.10. The van der Waals surface area contributed by atoms with Crippen molar-refractivity contribution >= 4 is 11.6 Å². The largest absolute Gasteiger partial charge is 0.379 e. The molecule has 1 aliphatic rings. The Morgan fingerprint density at radius 3 is 2.69 bits per heavy atom. The molecule has 1 fully saturated rings. The van der Waals surface area contributed by atoms with Crippen LogP contribution >= 0.6 is 0 Å². The van der Waals surface area contributed by atoms with Crippen molar-refractivity contribution in [2.24, 2.45) is 0 Å². The van der Waals surface area contributed by atoms with Crippen LogP contribution in [-0.2, 0) is 16.1 Å². The molecule has 1 saturated heterocycles. The number of benzene rings is 1. The Balaban J connectivity index is 1.51. The molecule has 3 heterocycles. The zero-order valence-electron chi connectivity index (χ0n) is 15.9. The highest BCUT2D eigenvalue weighted by Gasteiger charge is 2.31. The summed E-state index contributed by atoms with van der Waals surface area (Å²) in [4.78, 5) is 19.1. The van der Waals surface area contributed by atoms with Crippen molar-refractivity contribution in [2.45, 2.75) is 12.6 Å². The van der Waals surface area contributed by atoms with Gasteiger partial charge in [-0.25, -0.2) is 4.39 Å². The van der Waals surface area contributed by atoms with Crippen LogP contribution in [0.15, 0.2) is 61.2 Å². The van der Waals surface area contributed by atoms with E-state index < -0.39 is 11.9 Å². The summed E-state index contributed by atoms with van der Waals surface area (Å²) >= 11 is 0. The fraction of sp³-hybridized carbons (Fsp3) is 0.286. The lowest BCUT2D eigenvalue weighted by atomic mass is 10.0. The normalized spacial score (nSPS) is 15.8. The Morgan fingerprint density at radius 1 is 1.17 bits per heavy atom. The molecule has 0 aliphatic carbocycles. The maximum atomic E-state index is 14.5. The summed E-state index contributed by atoms with van der Waals surface area (Å²) in [5.74, 6) is -0.687. The number of aromatic nitrogens is 3. The summed E-state index contributed by atoms with van der Waals surface area (Å²) in [6.45, 7) is 2.73. The van der Waals surface area contributed by atoms with Crippen LogP contribution < -0.4 is 5.32 Å². The number of carbonyl (C=O) groups excluding carboxylic acids is 1. The monoisotopic (exact) mass is 395 g/mol. The molecule has 1 amide bonds. The van der Waals surface area contributed by atoms with Gasteiger partial charge in [-0.1, -0.05) is 18.2 Å². The van der Waals surface area contributed by atoms with E-state index in [0.717, 1.165) is 5.56 Å². The van der Waals surface area contributed by atoms with Gasteiger partial charge in [-0.3, -0.25) is 19.4 Å². The number of carbonyl (C=O) groups is 1. The second-order valence-electron chi connectivity index (χ2n) is 6.84. The number of morpholine rings is 1. The Morgan fingerprint density at radius 2 is 1.93 bits per heavy atom. The lowest BCUT2D eigenvalue weighted by Gasteiger charge is -2.33. The van der Waals surface area contributed by atoms with Gasteiger partial charge in [0.1, 0.15) is 11.9 Å². The topological polar surface area (TPSA) is 72.3 Å². The molecular weight excluding hydrogens is 373 g/mol. The quantitative estimate of drug-likeness (QED) is 0.694. The van der Waals surface area contributed by atoms with E-state index in [1.165, 1.54) is 6.07 Å². The minimum absolute atomic E-state index is 0.291. The summed E-state index contributed by atoms with van der Waals surface area (Å²) in [7, 11) is 0. The number of halogens is 1. The highest BCUT2D eigenvalue weighted by molar-refractivity contribution is 5.95. The summed E-state index contributed by atoms with van der Waals surface area (Å²) in [6, 6.07) is 9.48. The van der Waals surface area contributed by atoms with Crippen LogP contribution in [0.1, 0.15) is 17.2 Å². The molecule has 29 heavy (non-hydrogen) atoms. The van der Waals surface area contributed by atoms with E-state index in [1.54, 1.807) is 47.7 Å². The molecule has 7 nitrogen and oxygen atoms in total. The highest BCUT2D eigenvalue weighted by atomic mass is 19.1. The first-order valence-electron chi connectivity index (χ1n) is 9.49. The van der Waals surface area contributed by atoms with Gasteiger partial charge in [-0.2, -0.15) is 5.10 Å². The van der Waals surface area contributed by atoms with Gasteiger partial charge in [-0.05, 0) is 23.8 Å². The van der Waals surface area contributed by atoms with Gasteiger partial charge >= 0.3 is 0 Å². The van der Waals surface area contributed by atoms with E-state index in [0.29, 0.717) is 44.1 Å². The van der Waals surface area contributed by atoms with Crippen molar-refractivity contribution in [3.8, 4) is 0 Å². The summed E-state index contributed by atoms with van der Waals surface area (Å²) in [5.41, 5.74) is 1.98. The molecule has 1 aromatic carbocycles. The van der Waals surface area contributed by atoms with Crippen LogP contribution in [0, 0.1) is 5.82 Å². The van der Waals surface area contributed by atoms with Crippen LogP contribution in [0.2, 0.25) is 0 Å². The standard InChI is InChI=1S/C21H22FN5O2/c22-19-4-2-1-3-18(19)20(26-9-11-29-12-10-26)21(28)25-17-13-24-27(15-17)14-16-5-7-23-8-6-16/h1-8,13,15,20H,9-12,14H2,(H,25,28). The van der Waals surface area contributed by atoms with Crippen LogP contribution in [0.25, 0.3) is 0 Å². The minimum Gasteiger partial charge on any atom is -0.379 e. The predicted molar refractivity (Wildman–Crippen MR) is 106 cm³/mol. The van der Waals surface area contributed by atoms with Gasteiger partial charge in [0, 0.05) is 37.2 Å². The van der Waals surface area contributed by atoms with E-state index >= 15 is 0 Å². The first kappa shape index (κ1) is 19.2. The van der Waals surface area contributed by atoms with E-state index in [-0.39, 0.29) is 5.91 Å². The molecule has 150 valence electrons. The maximum absolute atomic E-state index is 14.5. The molecule has 1 atom stereocenters. The number of amides is 1. The molecule has 8 heteroatoms. The second kappa shape index (κ2) is 8.93. The number of hydrogen-bond acceptors (Lipinski definition) is 5. The zero-order chi connectivity index (χ0) is 20.1. The van der Waals surface area contributed by atoms with Gasteiger partial charge in [0.2, 0.25) is 5.91 Å². The Bertz CT molecular complexity index is 956. The number of nitrogens with one attached hydrogen (secondary N) is 1. The summed E-state index contributed by atoms with van der Waals surface area (Å²) in [5, 5.41) is 7.19. The van der Waals surface area contributed by atoms with Gasteiger partial charge < -0.3 is 10.1 Å². The number of hydrogen-bond donors (Lipinski definition) is 1. The highest BCUT2D eigenvalue weighted by Crippen LogP contribution is 2.26. The van der Waals surface area contributed by atoms with Gasteiger partial charge in [0.05, 0.1) is 31.6 Å². The van der Waals surface area contributed by atoms with Crippen LogP contribution in [-0.4, -0.2) is 51.9 Å². The van der Waals surface area contributed by atoms with Crippen molar-refractivity contribution in [1.82, 2.24) is 19.7 Å². The molecule has 0 saturated carbocycles. The van der Waals surface area contributed by atoms with Gasteiger partial charge in [0.25, 0.3) is 0 Å². The van der Waals surface area contributed by atoms with E-state index in [9.17, 15) is 9.18 Å². The molecule has 2 aromatic heterocycles. The van der Waals surface area contributed by atoms with Crippen molar-refractivity contribution in [1.29, 1.82) is 0 Å². The van der Waals surface area contributed by atoms with Crippen molar-refractivity contribution in [2.75, 3.05) is 31.6 Å². The van der Waals surface area contributed by atoms with Crippen LogP contribution in [0.4, 0.5) is 10.1 Å². The fourth-order valence-electron chi connectivity index (χ4n) is 3.44. The fourth-order valence-corrected chi connectivity index (χ4v) is 3.44. The zero-order valence-corrected chi connectivity index (χ0v) is 15.9. The van der Waals surface area contributed by atoms with Crippen LogP contribution in [0.3, 0.4) is 0 Å². The second-order valence-corrected chi connectivity index (χ2v) is 6.84. The van der Waals surface area contributed by atoms with E-state index in [4.69, 9.17) is 4.74 Å². The third-order valence-electron chi connectivity index (χ3n) is 4.85. The Labute approximate surface area is 168 Å². The van der Waals surface area contributed by atoms with E-state index in [1.807, 2.05) is 17.0 Å². The average molecular weight is 395 g/mol. The van der Waals surface area contributed by atoms with Gasteiger partial charge in [0.15, 0.2) is 0 Å². The summed E-state index contributed by atoms with van der Waals surface area (Å²) in [6.07, 6.45) is 6.80. The molecule has 0 spiro atoms. The van der Waals surface area contributed by atoms with Crippen LogP contribution in [0.5, 0.6) is 0 Å². The number of ether oxygens (including phenoxy) is 1. The number of nitrogens with zero attached hydrogens (tertiary/aromatic N) is 4. The SMILES string of the molecule is O=C(Nc1cnn(Cc2ccncc2)c1)C(c1ccccc1F)N1CCOCC1. The van der Waals surface area contributed by atoms with Crippen molar-refractivity contribution in [3.63, 3.8) is 0 Å². The molecule has 4 rings (SSSR count). The molecule has 1 N–H and O–H groups in total. The third kappa shape index (κ3) is 4.67. The molecular formula is C21H22FN5O2. The first-order chi connectivity index (χ1) is 14.2. The molecule has 1 unspecified atom stereocenters. The lowest BCUT2D eigenvalue weighted by Crippen LogP contribution is -2.44. The Kier molecular flexibility index (Phi) is 5.92. The first-order valence-corrected chi connectivity index (χ1v) is 9.49. The van der Waals surface area contributed by atoms with Crippen molar-refractivity contribution < 1.29 is 13.9 Å². The van der Waals surface area contributed by atoms with Gasteiger partial charge in [-0.15, -0.1) is 0 Å². The maximum Gasteiger partial charge on any atom is 0.246 e. The number of rotatable bonds is 6. The predicted octanol–water partition coefficient (Wildman–Crippen LogP) is 2.48. The minimum atomic E-state index is -0.733. The van der Waals surface area contributed by atoms with Crippen molar-refractivity contribution in [3.05, 3.63) is 78.1 Å². The lowest BCUT2D eigenvalue weighted by molar-refractivity contribution is -0.123. The number of anilines is 1. The van der Waals surface area contributed by atoms with E-state index in [2.05, 4.69) is 15.4 Å². The molecule has 1 aliphatic heterocycles. The average Bonchev–Trinajstić information content (AvgIpc) is 3.18. The smallest absolute Gasteiger partial charge is 0.246 e. The third-order valence-corrected chi connectivity index (χ3v) is 4.85.